The van der Waals surface area contributed by atoms with Crippen molar-refractivity contribution in [1.29, 1.82) is 0 Å². The number of para-hydroxylation sites is 1. The molecule has 0 aliphatic carbocycles. The van der Waals surface area contributed by atoms with Crippen molar-refractivity contribution < 1.29 is 13.4 Å². The fraction of sp³-hybridized carbons (Fsp3) is 0.133. The highest BCUT2D eigenvalue weighted by Crippen LogP contribution is 2.17. The topological polar surface area (TPSA) is 41.6 Å². The number of hydrogen-bond acceptors (Lipinski definition) is 3. The third-order valence-electron chi connectivity index (χ3n) is 2.63. The Morgan fingerprint density at radius 3 is 2.57 bits per heavy atom. The van der Waals surface area contributed by atoms with Gasteiger partial charge in [0, 0.05) is 7.05 Å². The van der Waals surface area contributed by atoms with Gasteiger partial charge < -0.3 is 5.32 Å². The van der Waals surface area contributed by atoms with Gasteiger partial charge in [0.15, 0.2) is 0 Å². The number of benzene rings is 2. The number of urea groups is 1. The van der Waals surface area contributed by atoms with E-state index >= 15 is 0 Å². The van der Waals surface area contributed by atoms with E-state index in [-0.39, 0.29) is 5.69 Å². The number of anilines is 1. The lowest BCUT2D eigenvalue weighted by Gasteiger charge is -2.16. The second-order valence-corrected chi connectivity index (χ2v) is 5.16. The Labute approximate surface area is 127 Å². The van der Waals surface area contributed by atoms with E-state index in [1.54, 1.807) is 19.2 Å². The van der Waals surface area contributed by atoms with E-state index in [1.165, 1.54) is 16.4 Å². The van der Waals surface area contributed by atoms with Gasteiger partial charge in [0.25, 0.3) is 0 Å². The molecule has 2 amide bonds. The van der Waals surface area contributed by atoms with Crippen LogP contribution in [0.15, 0.2) is 54.6 Å². The lowest BCUT2D eigenvalue weighted by molar-refractivity contribution is 0.239. The maximum atomic E-state index is 13.4. The first kappa shape index (κ1) is 15.3. The predicted molar refractivity (Wildman–Crippen MR) is 82.0 cm³/mol. The van der Waals surface area contributed by atoms with E-state index in [2.05, 4.69) is 5.32 Å². The molecule has 0 spiro atoms. The van der Waals surface area contributed by atoms with Gasteiger partial charge in [-0.15, -0.1) is 0 Å². The molecule has 110 valence electrons. The van der Waals surface area contributed by atoms with Gasteiger partial charge in [0.05, 0.1) is 12.3 Å². The number of nitrogens with zero attached hydrogens (tertiary/aromatic N) is 1. The summed E-state index contributed by atoms with van der Waals surface area (Å²) in [4.78, 5) is 11.9. The predicted octanol–water partition coefficient (Wildman–Crippen LogP) is 4.07. The highest BCUT2D eigenvalue weighted by atomic mass is 32.2. The van der Waals surface area contributed by atoms with Crippen LogP contribution in [0.5, 0.6) is 0 Å². The van der Waals surface area contributed by atoms with Crippen LogP contribution in [0, 0.1) is 5.82 Å². The standard InChI is InChI=1S/C15H15FN2O2S/c1-18(21-20-11-12-7-3-2-4-8-12)15(19)17-14-10-6-5-9-13(14)16/h2-10H,11H2,1H3,(H,17,19). The second-order valence-electron chi connectivity index (χ2n) is 4.23. The molecule has 2 rings (SSSR count). The molecule has 0 bridgehead atoms. The van der Waals surface area contributed by atoms with Gasteiger partial charge in [-0.1, -0.05) is 42.5 Å². The summed E-state index contributed by atoms with van der Waals surface area (Å²) in [7, 11) is 1.55. The van der Waals surface area contributed by atoms with E-state index in [0.717, 1.165) is 17.8 Å². The van der Waals surface area contributed by atoms with Crippen LogP contribution in [0.25, 0.3) is 0 Å². The zero-order valence-electron chi connectivity index (χ0n) is 11.5. The van der Waals surface area contributed by atoms with Gasteiger partial charge in [-0.3, -0.25) is 4.18 Å². The number of halogens is 1. The van der Waals surface area contributed by atoms with Crippen molar-refractivity contribution in [1.82, 2.24) is 4.31 Å². The summed E-state index contributed by atoms with van der Waals surface area (Å²) in [6, 6.07) is 15.1. The number of hydrogen-bond donors (Lipinski definition) is 1. The van der Waals surface area contributed by atoms with Gasteiger partial charge in [-0.2, -0.15) is 0 Å². The van der Waals surface area contributed by atoms with Crippen molar-refractivity contribution in [2.45, 2.75) is 6.61 Å². The number of amides is 2. The maximum absolute atomic E-state index is 13.4. The van der Waals surface area contributed by atoms with Gasteiger partial charge >= 0.3 is 6.03 Å². The first-order valence-electron chi connectivity index (χ1n) is 6.29. The minimum absolute atomic E-state index is 0.137. The molecule has 0 fully saturated rings. The highest BCUT2D eigenvalue weighted by Gasteiger charge is 2.12. The molecule has 21 heavy (non-hydrogen) atoms. The Morgan fingerprint density at radius 2 is 1.86 bits per heavy atom. The van der Waals surface area contributed by atoms with Crippen LogP contribution in [0.1, 0.15) is 5.56 Å². The van der Waals surface area contributed by atoms with Crippen LogP contribution in [0.3, 0.4) is 0 Å². The van der Waals surface area contributed by atoms with Gasteiger partial charge in [-0.05, 0) is 17.7 Å². The Hall–Kier alpha value is -2.05. The Balaban J connectivity index is 1.79. The summed E-state index contributed by atoms with van der Waals surface area (Å²) >= 11 is 0.903. The Kier molecular flexibility index (Phi) is 5.59. The van der Waals surface area contributed by atoms with E-state index in [9.17, 15) is 9.18 Å². The average molecular weight is 306 g/mol. The Morgan fingerprint density at radius 1 is 1.19 bits per heavy atom. The summed E-state index contributed by atoms with van der Waals surface area (Å²) in [5.74, 6) is -0.477. The molecule has 0 saturated heterocycles. The van der Waals surface area contributed by atoms with E-state index in [1.807, 2.05) is 30.3 Å². The zero-order valence-corrected chi connectivity index (χ0v) is 12.3. The minimum Gasteiger partial charge on any atom is -0.304 e. The quantitative estimate of drug-likeness (QED) is 0.669. The molecule has 2 aromatic carbocycles. The molecule has 2 aromatic rings. The van der Waals surface area contributed by atoms with Crippen LogP contribution >= 0.6 is 12.2 Å². The molecule has 6 heteroatoms. The first-order valence-corrected chi connectivity index (χ1v) is 6.99. The average Bonchev–Trinajstić information content (AvgIpc) is 2.50. The fourth-order valence-electron chi connectivity index (χ4n) is 1.54. The van der Waals surface area contributed by atoms with Crippen LogP contribution in [-0.2, 0) is 10.8 Å². The van der Waals surface area contributed by atoms with Crippen molar-refractivity contribution in [3.05, 3.63) is 66.0 Å². The smallest absolute Gasteiger partial charge is 0.304 e. The largest absolute Gasteiger partial charge is 0.333 e. The first-order chi connectivity index (χ1) is 10.2. The minimum atomic E-state index is -0.477. The van der Waals surface area contributed by atoms with Crippen LogP contribution in [-0.4, -0.2) is 17.4 Å². The fourth-order valence-corrected chi connectivity index (χ4v) is 2.00. The van der Waals surface area contributed by atoms with Gasteiger partial charge in [-0.25, -0.2) is 13.5 Å². The van der Waals surface area contributed by atoms with Gasteiger partial charge in [0.2, 0.25) is 0 Å². The third kappa shape index (κ3) is 4.77. The van der Waals surface area contributed by atoms with Crippen LogP contribution in [0.2, 0.25) is 0 Å². The molecule has 0 heterocycles. The summed E-state index contributed by atoms with van der Waals surface area (Å²) < 4.78 is 20.0. The van der Waals surface area contributed by atoms with E-state index in [0.29, 0.717) is 6.61 Å². The third-order valence-corrected chi connectivity index (χ3v) is 3.25. The summed E-state index contributed by atoms with van der Waals surface area (Å²) in [5.41, 5.74) is 1.14. The molecule has 0 radical (unpaired) electrons. The second kappa shape index (κ2) is 7.66. The van der Waals surface area contributed by atoms with Crippen molar-refractivity contribution in [3.63, 3.8) is 0 Å². The molecule has 0 aromatic heterocycles. The molecule has 4 nitrogen and oxygen atoms in total. The number of nitrogens with one attached hydrogen (secondary N) is 1. The van der Waals surface area contributed by atoms with E-state index in [4.69, 9.17) is 4.18 Å². The van der Waals surface area contributed by atoms with Crippen LogP contribution < -0.4 is 5.32 Å². The molecule has 0 unspecified atom stereocenters. The maximum Gasteiger partial charge on any atom is 0.333 e. The molecule has 0 atom stereocenters. The monoisotopic (exact) mass is 306 g/mol. The lowest BCUT2D eigenvalue weighted by Crippen LogP contribution is -2.26. The molecular weight excluding hydrogens is 291 g/mol. The molecule has 0 aliphatic heterocycles. The molecule has 0 aliphatic rings. The zero-order chi connectivity index (χ0) is 15.1. The summed E-state index contributed by atoms with van der Waals surface area (Å²) in [6.07, 6.45) is 0. The SMILES string of the molecule is CN(SOCc1ccccc1)C(=O)Nc1ccccc1F. The molecule has 0 saturated carbocycles. The van der Waals surface area contributed by atoms with Crippen molar-refractivity contribution in [3.8, 4) is 0 Å². The normalized spacial score (nSPS) is 10.2. The van der Waals surface area contributed by atoms with Crippen LogP contribution in [0.4, 0.5) is 14.9 Å². The Bertz CT molecular complexity index is 595. The number of carbonyl (C=O) groups is 1. The lowest BCUT2D eigenvalue weighted by atomic mass is 10.2. The van der Waals surface area contributed by atoms with E-state index < -0.39 is 11.8 Å². The number of carbonyl (C=O) groups excluding carboxylic acids is 1. The van der Waals surface area contributed by atoms with Crippen molar-refractivity contribution >= 4 is 23.9 Å². The number of rotatable bonds is 5. The summed E-state index contributed by atoms with van der Waals surface area (Å²) in [6.45, 7) is 0.378. The molecule has 1 N–H and O–H groups in total. The van der Waals surface area contributed by atoms with Gasteiger partial charge in [0.1, 0.15) is 18.0 Å². The highest BCUT2D eigenvalue weighted by molar-refractivity contribution is 7.92. The summed E-state index contributed by atoms with van der Waals surface area (Å²) in [5, 5.41) is 2.47. The van der Waals surface area contributed by atoms with Crippen molar-refractivity contribution in [2.75, 3.05) is 12.4 Å². The van der Waals surface area contributed by atoms with Crippen molar-refractivity contribution in [2.24, 2.45) is 0 Å². The molecular formula is C15H15FN2O2S.